The van der Waals surface area contributed by atoms with Crippen molar-refractivity contribution < 1.29 is 0 Å². The minimum Gasteiger partial charge on any atom is -0.320 e. The van der Waals surface area contributed by atoms with Crippen LogP contribution in [-0.4, -0.2) is 33.8 Å². The van der Waals surface area contributed by atoms with Crippen LogP contribution < -0.4 is 5.32 Å². The van der Waals surface area contributed by atoms with Crippen LogP contribution in [0.1, 0.15) is 23.9 Å². The Morgan fingerprint density at radius 1 is 1.14 bits per heavy atom. The second kappa shape index (κ2) is 6.01. The van der Waals surface area contributed by atoms with Gasteiger partial charge in [0, 0.05) is 0 Å². The summed E-state index contributed by atoms with van der Waals surface area (Å²) in [6.45, 7) is 2.76. The molecule has 0 saturated heterocycles. The van der Waals surface area contributed by atoms with Crippen molar-refractivity contribution in [2.24, 2.45) is 0 Å². The Balaban J connectivity index is 2.00. The lowest BCUT2D eigenvalue weighted by Gasteiger charge is -2.16. The number of tetrazole rings is 1. The summed E-state index contributed by atoms with van der Waals surface area (Å²) in [7, 11) is 1.96. The maximum Gasteiger partial charge on any atom is 0.171 e. The van der Waals surface area contributed by atoms with Gasteiger partial charge in [0.2, 0.25) is 0 Å². The molecule has 1 heterocycles. The van der Waals surface area contributed by atoms with Crippen LogP contribution in [0.2, 0.25) is 0 Å². The number of nitrogens with one attached hydrogen (secondary N) is 1. The minimum absolute atomic E-state index is 0.100. The zero-order valence-corrected chi connectivity index (χ0v) is 12.3. The number of aromatic nitrogens is 4. The van der Waals surface area contributed by atoms with Crippen molar-refractivity contribution in [2.45, 2.75) is 19.4 Å². The van der Waals surface area contributed by atoms with Gasteiger partial charge in [-0.15, -0.1) is 10.2 Å². The van der Waals surface area contributed by atoms with Crippen molar-refractivity contribution >= 4 is 10.8 Å². The van der Waals surface area contributed by atoms with Gasteiger partial charge in [0.15, 0.2) is 5.82 Å². The highest BCUT2D eigenvalue weighted by molar-refractivity contribution is 5.83. The van der Waals surface area contributed by atoms with E-state index in [2.05, 4.69) is 63.2 Å². The fourth-order valence-electron chi connectivity index (χ4n) is 2.54. The number of fused-ring (bicyclic) bond motifs is 1. The van der Waals surface area contributed by atoms with Crippen molar-refractivity contribution in [2.75, 3.05) is 13.6 Å². The summed E-state index contributed by atoms with van der Waals surface area (Å²) in [5.41, 5.74) is 1.21. The molecule has 1 aromatic heterocycles. The molecule has 0 aliphatic rings. The van der Waals surface area contributed by atoms with E-state index < -0.39 is 0 Å². The second-order valence-corrected chi connectivity index (χ2v) is 5.17. The molecule has 0 unspecified atom stereocenters. The zero-order valence-electron chi connectivity index (χ0n) is 12.3. The number of aryl methyl sites for hydroxylation is 1. The lowest BCUT2D eigenvalue weighted by atomic mass is 10.00. The molecular formula is C16H19N5. The summed E-state index contributed by atoms with van der Waals surface area (Å²) in [5.74, 6) is 0.699. The van der Waals surface area contributed by atoms with E-state index in [1.807, 2.05) is 14.0 Å². The zero-order chi connectivity index (χ0) is 14.7. The maximum atomic E-state index is 4.39. The summed E-state index contributed by atoms with van der Waals surface area (Å²) in [5, 5.41) is 18.2. The third-order valence-electron chi connectivity index (χ3n) is 3.63. The van der Waals surface area contributed by atoms with Gasteiger partial charge in [0.05, 0.1) is 6.04 Å². The SMILES string of the molecule is CNCC[C@H](c1ccc2ccccc2c1)n1nnc(C)n1. The van der Waals surface area contributed by atoms with Crippen molar-refractivity contribution in [3.8, 4) is 0 Å². The van der Waals surface area contributed by atoms with E-state index in [9.17, 15) is 0 Å². The number of hydrogen-bond donors (Lipinski definition) is 1. The number of benzene rings is 2. The van der Waals surface area contributed by atoms with Crippen LogP contribution >= 0.6 is 0 Å². The summed E-state index contributed by atoms with van der Waals surface area (Å²) in [6, 6.07) is 15.0. The summed E-state index contributed by atoms with van der Waals surface area (Å²) >= 11 is 0. The highest BCUT2D eigenvalue weighted by Gasteiger charge is 2.16. The highest BCUT2D eigenvalue weighted by atomic mass is 15.6. The Labute approximate surface area is 124 Å². The van der Waals surface area contributed by atoms with Gasteiger partial charge in [-0.05, 0) is 54.6 Å². The fourth-order valence-corrected chi connectivity index (χ4v) is 2.54. The fraction of sp³-hybridized carbons (Fsp3) is 0.312. The maximum absolute atomic E-state index is 4.39. The van der Waals surface area contributed by atoms with Crippen LogP contribution in [0.15, 0.2) is 42.5 Å². The molecule has 1 atom stereocenters. The van der Waals surface area contributed by atoms with Crippen LogP contribution in [0.4, 0.5) is 0 Å². The minimum atomic E-state index is 0.100. The molecular weight excluding hydrogens is 262 g/mol. The van der Waals surface area contributed by atoms with Crippen LogP contribution in [0, 0.1) is 6.92 Å². The molecule has 0 spiro atoms. The van der Waals surface area contributed by atoms with E-state index in [0.29, 0.717) is 5.82 Å². The van der Waals surface area contributed by atoms with Gasteiger partial charge in [-0.2, -0.15) is 4.80 Å². The average molecular weight is 281 g/mol. The van der Waals surface area contributed by atoms with Gasteiger partial charge in [0.25, 0.3) is 0 Å². The molecule has 1 N–H and O–H groups in total. The standard InChI is InChI=1S/C16H19N5/c1-12-18-20-21(19-12)16(9-10-17-2)15-8-7-13-5-3-4-6-14(13)11-15/h3-8,11,16-17H,9-10H2,1-2H3/t16-/m1/s1. The van der Waals surface area contributed by atoms with E-state index in [1.54, 1.807) is 4.80 Å². The molecule has 0 aliphatic heterocycles. The lowest BCUT2D eigenvalue weighted by molar-refractivity contribution is 0.421. The molecule has 3 aromatic rings. The predicted octanol–water partition coefficient (Wildman–Crippen LogP) is 2.33. The molecule has 0 aliphatic carbocycles. The first-order valence-corrected chi connectivity index (χ1v) is 7.17. The molecule has 108 valence electrons. The Morgan fingerprint density at radius 2 is 1.95 bits per heavy atom. The molecule has 0 bridgehead atoms. The first kappa shape index (κ1) is 13.7. The predicted molar refractivity (Wildman–Crippen MR) is 83.2 cm³/mol. The van der Waals surface area contributed by atoms with Gasteiger partial charge in [-0.25, -0.2) is 0 Å². The smallest absolute Gasteiger partial charge is 0.171 e. The first-order valence-electron chi connectivity index (χ1n) is 7.17. The molecule has 5 nitrogen and oxygen atoms in total. The molecule has 0 fully saturated rings. The van der Waals surface area contributed by atoms with Crippen molar-refractivity contribution in [3.05, 3.63) is 53.9 Å². The Morgan fingerprint density at radius 3 is 2.67 bits per heavy atom. The van der Waals surface area contributed by atoms with E-state index in [4.69, 9.17) is 0 Å². The van der Waals surface area contributed by atoms with Gasteiger partial charge in [-0.3, -0.25) is 0 Å². The molecule has 21 heavy (non-hydrogen) atoms. The van der Waals surface area contributed by atoms with Crippen molar-refractivity contribution in [1.29, 1.82) is 0 Å². The van der Waals surface area contributed by atoms with E-state index in [1.165, 1.54) is 16.3 Å². The summed E-state index contributed by atoms with van der Waals surface area (Å²) in [4.78, 5) is 1.72. The lowest BCUT2D eigenvalue weighted by Crippen LogP contribution is -2.20. The van der Waals surface area contributed by atoms with Crippen LogP contribution in [0.25, 0.3) is 10.8 Å². The van der Waals surface area contributed by atoms with E-state index >= 15 is 0 Å². The van der Waals surface area contributed by atoms with E-state index in [-0.39, 0.29) is 6.04 Å². The van der Waals surface area contributed by atoms with Gasteiger partial charge >= 0.3 is 0 Å². The largest absolute Gasteiger partial charge is 0.320 e. The molecule has 0 radical (unpaired) electrons. The van der Waals surface area contributed by atoms with Crippen molar-refractivity contribution in [3.63, 3.8) is 0 Å². The quantitative estimate of drug-likeness (QED) is 0.780. The summed E-state index contributed by atoms with van der Waals surface area (Å²) < 4.78 is 0. The number of rotatable bonds is 5. The van der Waals surface area contributed by atoms with Crippen LogP contribution in [0.5, 0.6) is 0 Å². The van der Waals surface area contributed by atoms with Gasteiger partial charge < -0.3 is 5.32 Å². The first-order chi connectivity index (χ1) is 10.3. The summed E-state index contributed by atoms with van der Waals surface area (Å²) in [6.07, 6.45) is 0.921. The molecule has 0 saturated carbocycles. The van der Waals surface area contributed by atoms with Crippen molar-refractivity contribution in [1.82, 2.24) is 25.5 Å². The second-order valence-electron chi connectivity index (χ2n) is 5.17. The Kier molecular flexibility index (Phi) is 3.92. The Hall–Kier alpha value is -2.27. The number of hydrogen-bond acceptors (Lipinski definition) is 4. The molecule has 5 heteroatoms. The molecule has 2 aromatic carbocycles. The molecule has 0 amide bonds. The monoisotopic (exact) mass is 281 g/mol. The Bertz CT molecular complexity index is 734. The van der Waals surface area contributed by atoms with E-state index in [0.717, 1.165) is 13.0 Å². The van der Waals surface area contributed by atoms with Crippen LogP contribution in [0.3, 0.4) is 0 Å². The van der Waals surface area contributed by atoms with Crippen LogP contribution in [-0.2, 0) is 0 Å². The number of nitrogens with zero attached hydrogens (tertiary/aromatic N) is 4. The third-order valence-corrected chi connectivity index (χ3v) is 3.63. The molecule has 3 rings (SSSR count). The van der Waals surface area contributed by atoms with Gasteiger partial charge in [0.1, 0.15) is 0 Å². The van der Waals surface area contributed by atoms with Gasteiger partial charge in [-0.1, -0.05) is 36.4 Å². The average Bonchev–Trinajstić information content (AvgIpc) is 2.94. The normalized spacial score (nSPS) is 12.7. The topological polar surface area (TPSA) is 55.6 Å². The third kappa shape index (κ3) is 2.92. The highest BCUT2D eigenvalue weighted by Crippen LogP contribution is 2.24.